The van der Waals surface area contributed by atoms with Gasteiger partial charge in [0.1, 0.15) is 0 Å². The summed E-state index contributed by atoms with van der Waals surface area (Å²) in [4.78, 5) is 22.5. The van der Waals surface area contributed by atoms with Crippen LogP contribution in [0.15, 0.2) is 0 Å². The van der Waals surface area contributed by atoms with Crippen LogP contribution in [0, 0.1) is 5.41 Å². The van der Waals surface area contributed by atoms with Crippen molar-refractivity contribution in [2.24, 2.45) is 5.41 Å². The minimum Gasteiger partial charge on any atom is -0.468 e. The molecule has 0 bridgehead atoms. The maximum Gasteiger partial charge on any atom is 0.323 e. The Kier molecular flexibility index (Phi) is 2.35. The van der Waals surface area contributed by atoms with Crippen LogP contribution in [0.2, 0.25) is 0 Å². The molecule has 4 heteroatoms. The van der Waals surface area contributed by atoms with E-state index in [9.17, 15) is 9.59 Å². The zero-order valence-electron chi connectivity index (χ0n) is 7.25. The van der Waals surface area contributed by atoms with E-state index in [1.807, 2.05) is 0 Å². The molecule has 1 saturated heterocycles. The van der Waals surface area contributed by atoms with Crippen molar-refractivity contribution >= 4 is 11.9 Å². The van der Waals surface area contributed by atoms with E-state index >= 15 is 0 Å². The summed E-state index contributed by atoms with van der Waals surface area (Å²) in [5, 5.41) is 0. The number of rotatable bonds is 2. The lowest BCUT2D eigenvalue weighted by Crippen LogP contribution is -2.36. The zero-order chi connectivity index (χ0) is 9.19. The molecule has 0 aromatic rings. The first-order valence-corrected chi connectivity index (χ1v) is 3.93. The van der Waals surface area contributed by atoms with Crippen LogP contribution < -0.4 is 0 Å². The van der Waals surface area contributed by atoms with Crippen molar-refractivity contribution in [3.8, 4) is 0 Å². The molecular weight excluding hydrogens is 160 g/mol. The second kappa shape index (κ2) is 3.13. The van der Waals surface area contributed by atoms with E-state index in [0.29, 0.717) is 19.4 Å². The van der Waals surface area contributed by atoms with Gasteiger partial charge >= 0.3 is 11.9 Å². The Hall–Kier alpha value is -1.06. The molecule has 1 atom stereocenters. The van der Waals surface area contributed by atoms with E-state index in [1.165, 1.54) is 7.11 Å². The van der Waals surface area contributed by atoms with Gasteiger partial charge in [-0.1, -0.05) is 6.92 Å². The third-order valence-corrected chi connectivity index (χ3v) is 2.33. The summed E-state index contributed by atoms with van der Waals surface area (Å²) in [6.07, 6.45) is 0.882. The van der Waals surface area contributed by atoms with Crippen molar-refractivity contribution in [1.29, 1.82) is 0 Å². The van der Waals surface area contributed by atoms with Gasteiger partial charge in [-0.3, -0.25) is 9.59 Å². The number of cyclic esters (lactones) is 1. The average Bonchev–Trinajstić information content (AvgIpc) is 2.46. The molecule has 1 aliphatic heterocycles. The highest BCUT2D eigenvalue weighted by atomic mass is 16.6. The summed E-state index contributed by atoms with van der Waals surface area (Å²) in [5.74, 6) is -0.927. The van der Waals surface area contributed by atoms with E-state index in [1.54, 1.807) is 6.92 Å². The van der Waals surface area contributed by atoms with Gasteiger partial charge < -0.3 is 9.47 Å². The fourth-order valence-electron chi connectivity index (χ4n) is 1.40. The van der Waals surface area contributed by atoms with Crippen LogP contribution in [0.3, 0.4) is 0 Å². The Bertz CT molecular complexity index is 211. The first-order chi connectivity index (χ1) is 5.67. The zero-order valence-corrected chi connectivity index (χ0v) is 7.25. The van der Waals surface area contributed by atoms with E-state index in [-0.39, 0.29) is 0 Å². The van der Waals surface area contributed by atoms with Gasteiger partial charge in [-0.25, -0.2) is 0 Å². The molecule has 0 aromatic heterocycles. The molecule has 1 unspecified atom stereocenters. The van der Waals surface area contributed by atoms with Crippen LogP contribution >= 0.6 is 0 Å². The Morgan fingerprint density at radius 1 is 1.75 bits per heavy atom. The molecule has 68 valence electrons. The van der Waals surface area contributed by atoms with E-state index < -0.39 is 17.4 Å². The predicted octanol–water partition coefficient (Wildman–Crippen LogP) is 0.503. The van der Waals surface area contributed by atoms with E-state index in [2.05, 4.69) is 4.74 Å². The molecule has 1 fully saturated rings. The molecule has 1 rings (SSSR count). The van der Waals surface area contributed by atoms with Gasteiger partial charge in [-0.2, -0.15) is 0 Å². The quantitative estimate of drug-likeness (QED) is 0.449. The van der Waals surface area contributed by atoms with Crippen molar-refractivity contribution in [1.82, 2.24) is 0 Å². The van der Waals surface area contributed by atoms with Crippen LogP contribution in [-0.4, -0.2) is 25.7 Å². The molecule has 1 heterocycles. The first kappa shape index (κ1) is 9.03. The average molecular weight is 172 g/mol. The van der Waals surface area contributed by atoms with Crippen LogP contribution in [-0.2, 0) is 19.1 Å². The van der Waals surface area contributed by atoms with Crippen LogP contribution in [0.5, 0.6) is 0 Å². The minimum absolute atomic E-state index is 0.321. The standard InChI is InChI=1S/C8H12O4/c1-3-8(6(9)11-2)4-5-12-7(8)10/h3-5H2,1-2H3. The molecule has 0 amide bonds. The summed E-state index contributed by atoms with van der Waals surface area (Å²) in [6, 6.07) is 0. The molecule has 0 aliphatic carbocycles. The highest BCUT2D eigenvalue weighted by Gasteiger charge is 2.50. The Morgan fingerprint density at radius 3 is 2.75 bits per heavy atom. The van der Waals surface area contributed by atoms with Gasteiger partial charge in [0.05, 0.1) is 13.7 Å². The lowest BCUT2D eigenvalue weighted by molar-refractivity contribution is -0.163. The second-order valence-electron chi connectivity index (χ2n) is 2.81. The van der Waals surface area contributed by atoms with Gasteiger partial charge in [-0.05, 0) is 6.42 Å². The maximum absolute atomic E-state index is 11.3. The van der Waals surface area contributed by atoms with E-state index in [4.69, 9.17) is 4.74 Å². The second-order valence-corrected chi connectivity index (χ2v) is 2.81. The minimum atomic E-state index is -1.02. The Morgan fingerprint density at radius 2 is 2.42 bits per heavy atom. The molecule has 0 radical (unpaired) electrons. The number of carbonyl (C=O) groups excluding carboxylic acids is 2. The highest BCUT2D eigenvalue weighted by molar-refractivity contribution is 6.01. The number of esters is 2. The van der Waals surface area contributed by atoms with Crippen molar-refractivity contribution < 1.29 is 19.1 Å². The van der Waals surface area contributed by atoms with E-state index in [0.717, 1.165) is 0 Å². The van der Waals surface area contributed by atoms with Crippen molar-refractivity contribution in [2.45, 2.75) is 19.8 Å². The fraction of sp³-hybridized carbons (Fsp3) is 0.750. The number of methoxy groups -OCH3 is 1. The van der Waals surface area contributed by atoms with Gasteiger partial charge in [-0.15, -0.1) is 0 Å². The van der Waals surface area contributed by atoms with Gasteiger partial charge in [0.25, 0.3) is 0 Å². The summed E-state index contributed by atoms with van der Waals surface area (Å²) < 4.78 is 9.30. The topological polar surface area (TPSA) is 52.6 Å². The predicted molar refractivity (Wildman–Crippen MR) is 40.3 cm³/mol. The summed E-state index contributed by atoms with van der Waals surface area (Å²) in [7, 11) is 1.28. The van der Waals surface area contributed by atoms with Crippen molar-refractivity contribution in [2.75, 3.05) is 13.7 Å². The van der Waals surface area contributed by atoms with Crippen LogP contribution in [0.4, 0.5) is 0 Å². The summed E-state index contributed by atoms with van der Waals surface area (Å²) in [5.41, 5.74) is -1.02. The monoisotopic (exact) mass is 172 g/mol. The van der Waals surface area contributed by atoms with Gasteiger partial charge in [0.2, 0.25) is 0 Å². The smallest absolute Gasteiger partial charge is 0.323 e. The van der Waals surface area contributed by atoms with Crippen molar-refractivity contribution in [3.63, 3.8) is 0 Å². The number of carbonyl (C=O) groups is 2. The molecule has 0 spiro atoms. The molecule has 0 saturated carbocycles. The largest absolute Gasteiger partial charge is 0.468 e. The SMILES string of the molecule is CCC1(C(=O)OC)CCOC1=O. The molecule has 0 aromatic carbocycles. The van der Waals surface area contributed by atoms with Crippen LogP contribution in [0.1, 0.15) is 19.8 Å². The number of hydrogen-bond acceptors (Lipinski definition) is 4. The first-order valence-electron chi connectivity index (χ1n) is 3.93. The van der Waals surface area contributed by atoms with Gasteiger partial charge in [0, 0.05) is 6.42 Å². The Labute approximate surface area is 70.8 Å². The molecule has 1 aliphatic rings. The molecular formula is C8H12O4. The third kappa shape index (κ3) is 1.07. The number of hydrogen-bond donors (Lipinski definition) is 0. The molecule has 4 nitrogen and oxygen atoms in total. The van der Waals surface area contributed by atoms with Crippen LogP contribution in [0.25, 0.3) is 0 Å². The Balaban J connectivity index is 2.88. The molecule has 0 N–H and O–H groups in total. The number of ether oxygens (including phenoxy) is 2. The lowest BCUT2D eigenvalue weighted by atomic mass is 9.84. The molecule has 12 heavy (non-hydrogen) atoms. The highest BCUT2D eigenvalue weighted by Crippen LogP contribution is 2.34. The fourth-order valence-corrected chi connectivity index (χ4v) is 1.40. The van der Waals surface area contributed by atoms with Crippen molar-refractivity contribution in [3.05, 3.63) is 0 Å². The maximum atomic E-state index is 11.3. The van der Waals surface area contributed by atoms with Gasteiger partial charge in [0.15, 0.2) is 5.41 Å². The third-order valence-electron chi connectivity index (χ3n) is 2.33. The summed E-state index contributed by atoms with van der Waals surface area (Å²) in [6.45, 7) is 2.10. The summed E-state index contributed by atoms with van der Waals surface area (Å²) >= 11 is 0. The normalized spacial score (nSPS) is 28.3. The lowest BCUT2D eigenvalue weighted by Gasteiger charge is -2.18.